The van der Waals surface area contributed by atoms with Gasteiger partial charge in [0.2, 0.25) is 5.89 Å². The summed E-state index contributed by atoms with van der Waals surface area (Å²) >= 11 is 0. The van der Waals surface area contributed by atoms with Crippen molar-refractivity contribution in [3.05, 3.63) is 47.6 Å². The van der Waals surface area contributed by atoms with Crippen molar-refractivity contribution in [2.75, 3.05) is 19.6 Å². The Kier molecular flexibility index (Phi) is 4.03. The highest BCUT2D eigenvalue weighted by molar-refractivity contribution is 5.17. The summed E-state index contributed by atoms with van der Waals surface area (Å²) in [5, 5.41) is 4.09. The largest absolute Gasteiger partial charge is 0.339 e. The van der Waals surface area contributed by atoms with E-state index in [1.807, 2.05) is 18.2 Å². The number of likely N-dealkylation sites (tertiary alicyclic amines) is 1. The second-order valence-corrected chi connectivity index (χ2v) is 6.24. The molecule has 3 rings (SSSR count). The topological polar surface area (TPSA) is 68.2 Å². The van der Waals surface area contributed by atoms with Crippen LogP contribution in [0.5, 0.6) is 0 Å². The third-order valence-electron chi connectivity index (χ3n) is 4.20. The summed E-state index contributed by atoms with van der Waals surface area (Å²) in [5.41, 5.74) is 7.25. The average molecular weight is 286 g/mol. The van der Waals surface area contributed by atoms with E-state index >= 15 is 0 Å². The summed E-state index contributed by atoms with van der Waals surface area (Å²) in [4.78, 5) is 6.84. The van der Waals surface area contributed by atoms with Crippen molar-refractivity contribution in [3.63, 3.8) is 0 Å². The van der Waals surface area contributed by atoms with Crippen LogP contribution in [0.2, 0.25) is 0 Å². The number of benzene rings is 1. The highest BCUT2D eigenvalue weighted by Gasteiger charge is 2.32. The SMILES string of the molecule is CC1(CN)CCN(Cc2noc(Cc3ccccc3)n2)C1. The van der Waals surface area contributed by atoms with Gasteiger partial charge in [-0.25, -0.2) is 0 Å². The molecule has 0 aliphatic carbocycles. The molecule has 2 aromatic rings. The zero-order valence-corrected chi connectivity index (χ0v) is 12.5. The molecule has 0 saturated carbocycles. The molecule has 2 N–H and O–H groups in total. The number of nitrogens with two attached hydrogens (primary N) is 1. The van der Waals surface area contributed by atoms with Gasteiger partial charge in [-0.3, -0.25) is 4.90 Å². The van der Waals surface area contributed by atoms with E-state index in [9.17, 15) is 0 Å². The van der Waals surface area contributed by atoms with E-state index in [2.05, 4.69) is 34.1 Å². The summed E-state index contributed by atoms with van der Waals surface area (Å²) in [6, 6.07) is 10.2. The van der Waals surface area contributed by atoms with Crippen LogP contribution >= 0.6 is 0 Å². The standard InChI is InChI=1S/C16H22N4O/c1-16(11-17)7-8-20(12-16)10-14-18-15(21-19-14)9-13-5-3-2-4-6-13/h2-6H,7-12,17H2,1H3. The predicted octanol–water partition coefficient (Wildman–Crippen LogP) is 1.83. The van der Waals surface area contributed by atoms with E-state index < -0.39 is 0 Å². The third-order valence-corrected chi connectivity index (χ3v) is 4.20. The lowest BCUT2D eigenvalue weighted by molar-refractivity contribution is 0.265. The molecule has 21 heavy (non-hydrogen) atoms. The second-order valence-electron chi connectivity index (χ2n) is 6.24. The van der Waals surface area contributed by atoms with Gasteiger partial charge in [-0.05, 0) is 30.5 Å². The van der Waals surface area contributed by atoms with Gasteiger partial charge in [0.1, 0.15) is 0 Å². The van der Waals surface area contributed by atoms with Gasteiger partial charge in [-0.1, -0.05) is 42.4 Å². The third kappa shape index (κ3) is 3.49. The molecule has 5 heteroatoms. The van der Waals surface area contributed by atoms with Gasteiger partial charge in [0, 0.05) is 6.54 Å². The van der Waals surface area contributed by atoms with Crippen molar-refractivity contribution in [1.29, 1.82) is 0 Å². The van der Waals surface area contributed by atoms with E-state index in [4.69, 9.17) is 10.3 Å². The average Bonchev–Trinajstić information content (AvgIpc) is 3.08. The van der Waals surface area contributed by atoms with Gasteiger partial charge in [0.15, 0.2) is 5.82 Å². The van der Waals surface area contributed by atoms with Crippen LogP contribution in [0.3, 0.4) is 0 Å². The highest BCUT2D eigenvalue weighted by atomic mass is 16.5. The van der Waals surface area contributed by atoms with Crippen molar-refractivity contribution < 1.29 is 4.52 Å². The molecular weight excluding hydrogens is 264 g/mol. The molecule has 0 radical (unpaired) electrons. The van der Waals surface area contributed by atoms with Crippen molar-refractivity contribution in [3.8, 4) is 0 Å². The minimum atomic E-state index is 0.233. The summed E-state index contributed by atoms with van der Waals surface area (Å²) in [5.74, 6) is 1.44. The van der Waals surface area contributed by atoms with E-state index in [0.29, 0.717) is 12.3 Å². The van der Waals surface area contributed by atoms with Crippen LogP contribution in [-0.2, 0) is 13.0 Å². The second kappa shape index (κ2) is 5.95. The summed E-state index contributed by atoms with van der Waals surface area (Å²) < 4.78 is 5.34. The van der Waals surface area contributed by atoms with Gasteiger partial charge in [0.05, 0.1) is 13.0 Å². The minimum absolute atomic E-state index is 0.233. The molecule has 1 unspecified atom stereocenters. The van der Waals surface area contributed by atoms with E-state index in [0.717, 1.165) is 38.4 Å². The highest BCUT2D eigenvalue weighted by Crippen LogP contribution is 2.29. The van der Waals surface area contributed by atoms with Crippen molar-refractivity contribution in [2.45, 2.75) is 26.3 Å². The quantitative estimate of drug-likeness (QED) is 0.908. The van der Waals surface area contributed by atoms with Crippen LogP contribution in [0, 0.1) is 5.41 Å². The number of hydrogen-bond acceptors (Lipinski definition) is 5. The monoisotopic (exact) mass is 286 g/mol. The molecule has 1 aromatic heterocycles. The molecule has 1 aliphatic rings. The number of rotatable bonds is 5. The molecule has 1 fully saturated rings. The van der Waals surface area contributed by atoms with Crippen molar-refractivity contribution in [1.82, 2.24) is 15.0 Å². The first kappa shape index (κ1) is 14.2. The number of aromatic nitrogens is 2. The summed E-state index contributed by atoms with van der Waals surface area (Å²) in [6.07, 6.45) is 1.83. The zero-order valence-electron chi connectivity index (χ0n) is 12.5. The van der Waals surface area contributed by atoms with Crippen LogP contribution in [0.1, 0.15) is 30.6 Å². The first-order chi connectivity index (χ1) is 10.2. The maximum atomic E-state index is 5.84. The normalized spacial score (nSPS) is 22.8. The maximum absolute atomic E-state index is 5.84. The lowest BCUT2D eigenvalue weighted by Crippen LogP contribution is -2.31. The Morgan fingerprint density at radius 3 is 2.86 bits per heavy atom. The summed E-state index contributed by atoms with van der Waals surface area (Å²) in [6.45, 7) is 5.77. The van der Waals surface area contributed by atoms with Crippen LogP contribution in [0.15, 0.2) is 34.9 Å². The molecule has 2 heterocycles. The molecule has 1 aliphatic heterocycles. The number of nitrogens with zero attached hydrogens (tertiary/aromatic N) is 3. The van der Waals surface area contributed by atoms with Crippen LogP contribution < -0.4 is 5.73 Å². The number of hydrogen-bond donors (Lipinski definition) is 1. The van der Waals surface area contributed by atoms with Crippen molar-refractivity contribution in [2.24, 2.45) is 11.1 Å². The maximum Gasteiger partial charge on any atom is 0.231 e. The predicted molar refractivity (Wildman–Crippen MR) is 80.6 cm³/mol. The Balaban J connectivity index is 1.59. The lowest BCUT2D eigenvalue weighted by Gasteiger charge is -2.21. The van der Waals surface area contributed by atoms with Gasteiger partial charge in [-0.15, -0.1) is 0 Å². The Labute approximate surface area is 125 Å². The van der Waals surface area contributed by atoms with Gasteiger partial charge >= 0.3 is 0 Å². The molecule has 1 aromatic carbocycles. The lowest BCUT2D eigenvalue weighted by atomic mass is 9.90. The molecule has 1 atom stereocenters. The van der Waals surface area contributed by atoms with Crippen LogP contribution in [-0.4, -0.2) is 34.7 Å². The minimum Gasteiger partial charge on any atom is -0.339 e. The van der Waals surface area contributed by atoms with Gasteiger partial charge in [0.25, 0.3) is 0 Å². The molecule has 5 nitrogen and oxygen atoms in total. The van der Waals surface area contributed by atoms with Crippen LogP contribution in [0.25, 0.3) is 0 Å². The van der Waals surface area contributed by atoms with E-state index in [1.165, 1.54) is 5.56 Å². The molecule has 112 valence electrons. The van der Waals surface area contributed by atoms with Gasteiger partial charge in [-0.2, -0.15) is 4.98 Å². The molecule has 0 amide bonds. The molecular formula is C16H22N4O. The molecule has 1 saturated heterocycles. The Morgan fingerprint density at radius 1 is 1.33 bits per heavy atom. The Morgan fingerprint density at radius 2 is 2.14 bits per heavy atom. The van der Waals surface area contributed by atoms with E-state index in [1.54, 1.807) is 0 Å². The van der Waals surface area contributed by atoms with E-state index in [-0.39, 0.29) is 5.41 Å². The first-order valence-corrected chi connectivity index (χ1v) is 7.45. The first-order valence-electron chi connectivity index (χ1n) is 7.45. The fourth-order valence-electron chi connectivity index (χ4n) is 2.82. The molecule has 0 spiro atoms. The fraction of sp³-hybridized carbons (Fsp3) is 0.500. The summed E-state index contributed by atoms with van der Waals surface area (Å²) in [7, 11) is 0. The zero-order chi connectivity index (χ0) is 14.7. The Hall–Kier alpha value is -1.72. The van der Waals surface area contributed by atoms with Gasteiger partial charge < -0.3 is 10.3 Å². The molecule has 0 bridgehead atoms. The smallest absolute Gasteiger partial charge is 0.231 e. The fourth-order valence-corrected chi connectivity index (χ4v) is 2.82. The van der Waals surface area contributed by atoms with Crippen molar-refractivity contribution >= 4 is 0 Å². The van der Waals surface area contributed by atoms with Crippen LogP contribution in [0.4, 0.5) is 0 Å². The Bertz CT molecular complexity index is 583.